The SMILES string of the molecule is Cc1ccnn1CCC(=O)N1CCn2cc(C(F)(F)F)nc2C1. The number of carbonyl (C=O) groups excluding carboxylic acids is 1. The number of carbonyl (C=O) groups is 1. The molecular weight excluding hydrogens is 311 g/mol. The van der Waals surface area contributed by atoms with Crippen molar-refractivity contribution in [1.82, 2.24) is 24.2 Å². The van der Waals surface area contributed by atoms with Gasteiger partial charge >= 0.3 is 6.18 Å². The highest BCUT2D eigenvalue weighted by atomic mass is 19.4. The average molecular weight is 327 g/mol. The molecule has 0 aliphatic carbocycles. The molecule has 2 aromatic heterocycles. The topological polar surface area (TPSA) is 56.0 Å². The van der Waals surface area contributed by atoms with Crippen LogP contribution in [0.4, 0.5) is 13.2 Å². The lowest BCUT2D eigenvalue weighted by Crippen LogP contribution is -2.38. The fourth-order valence-electron chi connectivity index (χ4n) is 2.59. The Kier molecular flexibility index (Phi) is 3.87. The summed E-state index contributed by atoms with van der Waals surface area (Å²) in [5, 5.41) is 4.10. The van der Waals surface area contributed by atoms with Crippen molar-refractivity contribution in [3.8, 4) is 0 Å². The Morgan fingerprint density at radius 2 is 2.13 bits per heavy atom. The maximum absolute atomic E-state index is 12.7. The van der Waals surface area contributed by atoms with E-state index in [1.54, 1.807) is 15.8 Å². The van der Waals surface area contributed by atoms with Gasteiger partial charge in [0, 0.05) is 44.1 Å². The molecule has 3 heterocycles. The van der Waals surface area contributed by atoms with Crippen molar-refractivity contribution in [2.75, 3.05) is 6.54 Å². The van der Waals surface area contributed by atoms with Gasteiger partial charge in [0.15, 0.2) is 5.69 Å². The maximum atomic E-state index is 12.7. The molecule has 0 bridgehead atoms. The third-order valence-corrected chi connectivity index (χ3v) is 3.91. The molecule has 0 saturated heterocycles. The van der Waals surface area contributed by atoms with Crippen LogP contribution in [0, 0.1) is 6.92 Å². The molecule has 0 N–H and O–H groups in total. The maximum Gasteiger partial charge on any atom is 0.434 e. The zero-order valence-electron chi connectivity index (χ0n) is 12.5. The van der Waals surface area contributed by atoms with Crippen LogP contribution in [0.5, 0.6) is 0 Å². The zero-order chi connectivity index (χ0) is 16.6. The number of rotatable bonds is 3. The predicted octanol–water partition coefficient (Wildman–Crippen LogP) is 1.84. The van der Waals surface area contributed by atoms with Crippen molar-refractivity contribution in [3.05, 3.63) is 35.7 Å². The molecule has 1 amide bonds. The molecule has 0 radical (unpaired) electrons. The lowest BCUT2D eigenvalue weighted by Gasteiger charge is -2.27. The molecule has 0 atom stereocenters. The van der Waals surface area contributed by atoms with E-state index in [0.717, 1.165) is 11.9 Å². The predicted molar refractivity (Wildman–Crippen MR) is 74.2 cm³/mol. The molecule has 3 rings (SSSR count). The number of amides is 1. The van der Waals surface area contributed by atoms with Crippen molar-refractivity contribution in [2.24, 2.45) is 0 Å². The lowest BCUT2D eigenvalue weighted by molar-refractivity contribution is -0.141. The number of hydrogen-bond acceptors (Lipinski definition) is 3. The molecule has 0 unspecified atom stereocenters. The summed E-state index contributed by atoms with van der Waals surface area (Å²) in [6, 6.07) is 1.85. The summed E-state index contributed by atoms with van der Waals surface area (Å²) >= 11 is 0. The van der Waals surface area contributed by atoms with Crippen molar-refractivity contribution in [2.45, 2.75) is 39.2 Å². The quantitative estimate of drug-likeness (QED) is 0.864. The van der Waals surface area contributed by atoms with E-state index in [0.29, 0.717) is 19.6 Å². The number of aromatic nitrogens is 4. The van der Waals surface area contributed by atoms with Crippen LogP contribution in [0.2, 0.25) is 0 Å². The standard InChI is InChI=1S/C14H16F3N5O/c1-10-2-4-18-22(10)5-3-13(23)21-7-6-20-8-11(14(15,16)17)19-12(20)9-21/h2,4,8H,3,5-7,9H2,1H3. The van der Waals surface area contributed by atoms with Gasteiger partial charge in [0.2, 0.25) is 5.91 Å². The second kappa shape index (κ2) is 5.71. The third kappa shape index (κ3) is 3.22. The normalized spacial score (nSPS) is 14.9. The van der Waals surface area contributed by atoms with Gasteiger partial charge in [0.05, 0.1) is 6.54 Å². The Bertz CT molecular complexity index is 718. The van der Waals surface area contributed by atoms with Crippen LogP contribution in [0.25, 0.3) is 0 Å². The molecule has 0 spiro atoms. The number of alkyl halides is 3. The Hall–Kier alpha value is -2.32. The summed E-state index contributed by atoms with van der Waals surface area (Å²) in [5.74, 6) is 0.162. The first-order valence-corrected chi connectivity index (χ1v) is 7.24. The van der Waals surface area contributed by atoms with Gasteiger partial charge in [-0.05, 0) is 13.0 Å². The summed E-state index contributed by atoms with van der Waals surface area (Å²) in [6.45, 7) is 3.17. The summed E-state index contributed by atoms with van der Waals surface area (Å²) in [7, 11) is 0. The van der Waals surface area contributed by atoms with Gasteiger partial charge in [0.1, 0.15) is 5.82 Å². The Balaban J connectivity index is 1.63. The van der Waals surface area contributed by atoms with Gasteiger partial charge in [0.25, 0.3) is 0 Å². The highest BCUT2D eigenvalue weighted by Gasteiger charge is 2.36. The average Bonchev–Trinajstić information content (AvgIpc) is 3.09. The Labute approximate surface area is 130 Å². The van der Waals surface area contributed by atoms with Crippen molar-refractivity contribution < 1.29 is 18.0 Å². The van der Waals surface area contributed by atoms with Crippen LogP contribution < -0.4 is 0 Å². The number of aryl methyl sites for hydroxylation is 2. The van der Waals surface area contributed by atoms with Crippen LogP contribution in [-0.2, 0) is 30.6 Å². The minimum atomic E-state index is -4.46. The van der Waals surface area contributed by atoms with Crippen LogP contribution >= 0.6 is 0 Å². The molecule has 124 valence electrons. The zero-order valence-corrected chi connectivity index (χ0v) is 12.5. The van der Waals surface area contributed by atoms with Crippen molar-refractivity contribution in [3.63, 3.8) is 0 Å². The van der Waals surface area contributed by atoms with E-state index in [-0.39, 0.29) is 24.7 Å². The van der Waals surface area contributed by atoms with Crippen LogP contribution in [-0.4, -0.2) is 36.7 Å². The Morgan fingerprint density at radius 3 is 2.78 bits per heavy atom. The number of fused-ring (bicyclic) bond motifs is 1. The molecule has 0 aromatic carbocycles. The first-order valence-electron chi connectivity index (χ1n) is 7.24. The molecule has 0 saturated carbocycles. The van der Waals surface area contributed by atoms with E-state index in [2.05, 4.69) is 10.1 Å². The molecule has 9 heteroatoms. The third-order valence-electron chi connectivity index (χ3n) is 3.91. The van der Waals surface area contributed by atoms with Gasteiger partial charge in [-0.15, -0.1) is 0 Å². The highest BCUT2D eigenvalue weighted by molar-refractivity contribution is 5.76. The second-order valence-electron chi connectivity index (χ2n) is 5.49. The van der Waals surface area contributed by atoms with E-state index >= 15 is 0 Å². The Morgan fingerprint density at radius 1 is 1.35 bits per heavy atom. The number of nitrogens with zero attached hydrogens (tertiary/aromatic N) is 5. The number of hydrogen-bond donors (Lipinski definition) is 0. The van der Waals surface area contributed by atoms with Crippen molar-refractivity contribution >= 4 is 5.91 Å². The molecular formula is C14H16F3N5O. The molecule has 2 aromatic rings. The van der Waals surface area contributed by atoms with Gasteiger partial charge in [-0.2, -0.15) is 18.3 Å². The minimum Gasteiger partial charge on any atom is -0.333 e. The van der Waals surface area contributed by atoms with Crippen LogP contribution in [0.15, 0.2) is 18.5 Å². The number of imidazole rings is 1. The fourth-order valence-corrected chi connectivity index (χ4v) is 2.59. The van der Waals surface area contributed by atoms with Gasteiger partial charge in [-0.25, -0.2) is 4.98 Å². The minimum absolute atomic E-state index is 0.104. The monoisotopic (exact) mass is 327 g/mol. The van der Waals surface area contributed by atoms with E-state index in [1.165, 1.54) is 4.57 Å². The highest BCUT2D eigenvalue weighted by Crippen LogP contribution is 2.29. The second-order valence-corrected chi connectivity index (χ2v) is 5.49. The van der Waals surface area contributed by atoms with E-state index < -0.39 is 11.9 Å². The molecule has 23 heavy (non-hydrogen) atoms. The van der Waals surface area contributed by atoms with E-state index in [1.807, 2.05) is 13.0 Å². The largest absolute Gasteiger partial charge is 0.434 e. The van der Waals surface area contributed by atoms with Gasteiger partial charge in [-0.3, -0.25) is 9.48 Å². The first kappa shape index (κ1) is 15.6. The van der Waals surface area contributed by atoms with Crippen LogP contribution in [0.3, 0.4) is 0 Å². The molecule has 0 fully saturated rings. The lowest BCUT2D eigenvalue weighted by atomic mass is 10.3. The smallest absolute Gasteiger partial charge is 0.333 e. The summed E-state index contributed by atoms with van der Waals surface area (Å²) in [6.07, 6.45) is -1.54. The molecule has 6 nitrogen and oxygen atoms in total. The summed E-state index contributed by atoms with van der Waals surface area (Å²) in [4.78, 5) is 17.4. The summed E-state index contributed by atoms with van der Waals surface area (Å²) in [5.41, 5.74) is 0.0516. The van der Waals surface area contributed by atoms with Crippen molar-refractivity contribution in [1.29, 1.82) is 0 Å². The molecule has 1 aliphatic heterocycles. The van der Waals surface area contributed by atoms with E-state index in [9.17, 15) is 18.0 Å². The first-order chi connectivity index (χ1) is 10.8. The van der Waals surface area contributed by atoms with Gasteiger partial charge in [-0.1, -0.05) is 0 Å². The fraction of sp³-hybridized carbons (Fsp3) is 0.500. The van der Waals surface area contributed by atoms with Gasteiger partial charge < -0.3 is 9.47 Å². The number of halogens is 3. The van der Waals surface area contributed by atoms with E-state index in [4.69, 9.17) is 0 Å². The summed E-state index contributed by atoms with van der Waals surface area (Å²) < 4.78 is 41.2. The van der Waals surface area contributed by atoms with Crippen LogP contribution in [0.1, 0.15) is 23.6 Å². The molecule has 1 aliphatic rings.